The molecule has 23 heavy (non-hydrogen) atoms. The van der Waals surface area contributed by atoms with Gasteiger partial charge in [-0.25, -0.2) is 4.98 Å². The minimum atomic E-state index is -4.41. The monoisotopic (exact) mass is 338 g/mol. The molecule has 0 aliphatic carbocycles. The zero-order valence-corrected chi connectivity index (χ0v) is 13.0. The Morgan fingerprint density at radius 3 is 2.78 bits per heavy atom. The number of pyridine rings is 1. The van der Waals surface area contributed by atoms with Gasteiger partial charge in [-0.05, 0) is 42.5 Å². The van der Waals surface area contributed by atoms with Crippen LogP contribution in [0.1, 0.15) is 21.5 Å². The van der Waals surface area contributed by atoms with Crippen LogP contribution in [0.4, 0.5) is 18.9 Å². The third-order valence-electron chi connectivity index (χ3n) is 3.77. The first-order valence-electron chi connectivity index (χ1n) is 6.93. The number of aromatic nitrogens is 1. The van der Waals surface area contributed by atoms with Crippen LogP contribution in [0.2, 0.25) is 0 Å². The number of thioether (sulfide) groups is 1. The number of hydrogen-bond donors (Lipinski definition) is 0. The maximum atomic E-state index is 13.1. The van der Waals surface area contributed by atoms with Crippen LogP contribution in [-0.4, -0.2) is 23.7 Å². The summed E-state index contributed by atoms with van der Waals surface area (Å²) in [6.45, 7) is 0.248. The number of fused-ring (bicyclic) bond motifs is 1. The number of nitrogens with zero attached hydrogens (tertiary/aromatic N) is 2. The second-order valence-corrected chi connectivity index (χ2v) is 5.92. The average Bonchev–Trinajstić information content (AvgIpc) is 2.97. The van der Waals surface area contributed by atoms with Gasteiger partial charge in [0.2, 0.25) is 0 Å². The number of alkyl halides is 3. The van der Waals surface area contributed by atoms with Gasteiger partial charge in [-0.2, -0.15) is 13.2 Å². The fourth-order valence-electron chi connectivity index (χ4n) is 2.72. The highest BCUT2D eigenvalue weighted by Gasteiger charge is 2.37. The van der Waals surface area contributed by atoms with Crippen molar-refractivity contribution < 1.29 is 18.0 Å². The molecule has 1 amide bonds. The van der Waals surface area contributed by atoms with Crippen molar-refractivity contribution in [1.29, 1.82) is 0 Å². The predicted octanol–water partition coefficient (Wildman–Crippen LogP) is 4.03. The molecule has 1 aromatic heterocycles. The minimum absolute atomic E-state index is 0.187. The summed E-state index contributed by atoms with van der Waals surface area (Å²) in [4.78, 5) is 18.2. The molecule has 0 saturated heterocycles. The van der Waals surface area contributed by atoms with Gasteiger partial charge in [0.05, 0.1) is 10.6 Å². The number of carbonyl (C=O) groups excluding carboxylic acids is 1. The smallest absolute Gasteiger partial charge is 0.308 e. The van der Waals surface area contributed by atoms with Crippen LogP contribution in [0.25, 0.3) is 0 Å². The highest BCUT2D eigenvalue weighted by atomic mass is 32.2. The lowest BCUT2D eigenvalue weighted by molar-refractivity contribution is -0.138. The molecule has 7 heteroatoms. The molecule has 3 nitrogen and oxygen atoms in total. The Morgan fingerprint density at radius 2 is 2.09 bits per heavy atom. The van der Waals surface area contributed by atoms with Crippen molar-refractivity contribution in [1.82, 2.24) is 4.98 Å². The summed E-state index contributed by atoms with van der Waals surface area (Å²) < 4.78 is 39.2. The van der Waals surface area contributed by atoms with Crippen molar-refractivity contribution in [2.45, 2.75) is 17.6 Å². The number of rotatable bonds is 2. The largest absolute Gasteiger partial charge is 0.416 e. The highest BCUT2D eigenvalue weighted by Crippen LogP contribution is 2.39. The van der Waals surface area contributed by atoms with E-state index in [0.717, 1.165) is 6.07 Å². The van der Waals surface area contributed by atoms with Gasteiger partial charge in [-0.1, -0.05) is 6.07 Å². The van der Waals surface area contributed by atoms with Crippen LogP contribution in [0.5, 0.6) is 0 Å². The first kappa shape index (κ1) is 15.9. The van der Waals surface area contributed by atoms with Crippen molar-refractivity contribution in [3.63, 3.8) is 0 Å². The number of carbonyl (C=O) groups is 1. The van der Waals surface area contributed by atoms with E-state index in [4.69, 9.17) is 0 Å². The molecule has 0 atom stereocenters. The molecule has 0 fully saturated rings. The van der Waals surface area contributed by atoms with E-state index in [0.29, 0.717) is 16.3 Å². The van der Waals surface area contributed by atoms with Gasteiger partial charge < -0.3 is 4.90 Å². The van der Waals surface area contributed by atoms with Crippen molar-refractivity contribution in [2.24, 2.45) is 0 Å². The third-order valence-corrected chi connectivity index (χ3v) is 4.41. The van der Waals surface area contributed by atoms with Gasteiger partial charge in [0.25, 0.3) is 5.91 Å². The van der Waals surface area contributed by atoms with Crippen molar-refractivity contribution in [3.8, 4) is 0 Å². The zero-order chi connectivity index (χ0) is 16.6. The van der Waals surface area contributed by atoms with E-state index in [2.05, 4.69) is 4.98 Å². The zero-order valence-electron chi connectivity index (χ0n) is 12.2. The van der Waals surface area contributed by atoms with Crippen LogP contribution in [-0.2, 0) is 12.6 Å². The van der Waals surface area contributed by atoms with E-state index in [1.54, 1.807) is 18.2 Å². The Kier molecular flexibility index (Phi) is 4.06. The second kappa shape index (κ2) is 5.88. The van der Waals surface area contributed by atoms with Crippen molar-refractivity contribution >= 4 is 23.4 Å². The predicted molar refractivity (Wildman–Crippen MR) is 82.8 cm³/mol. The summed E-state index contributed by atoms with van der Waals surface area (Å²) in [5.41, 5.74) is 0.291. The number of hydrogen-bond acceptors (Lipinski definition) is 3. The fourth-order valence-corrected chi connectivity index (χ4v) is 3.13. The molecule has 0 unspecified atom stereocenters. The maximum absolute atomic E-state index is 13.1. The first-order valence-corrected chi connectivity index (χ1v) is 8.15. The molecule has 0 spiro atoms. The topological polar surface area (TPSA) is 33.2 Å². The fraction of sp³-hybridized carbons (Fsp3) is 0.250. The molecule has 120 valence electrons. The molecule has 0 saturated carbocycles. The Bertz CT molecular complexity index is 761. The summed E-state index contributed by atoms with van der Waals surface area (Å²) in [5.74, 6) is -0.305. The Balaban J connectivity index is 1.98. The van der Waals surface area contributed by atoms with Gasteiger partial charge in [0.15, 0.2) is 0 Å². The van der Waals surface area contributed by atoms with E-state index in [1.165, 1.54) is 28.9 Å². The highest BCUT2D eigenvalue weighted by molar-refractivity contribution is 7.98. The molecule has 0 bridgehead atoms. The number of halogens is 3. The Labute approximate surface area is 135 Å². The van der Waals surface area contributed by atoms with E-state index in [9.17, 15) is 18.0 Å². The lowest BCUT2D eigenvalue weighted by Crippen LogP contribution is -2.28. The molecule has 3 rings (SSSR count). The van der Waals surface area contributed by atoms with E-state index >= 15 is 0 Å². The van der Waals surface area contributed by atoms with E-state index in [1.807, 2.05) is 6.26 Å². The summed E-state index contributed by atoms with van der Waals surface area (Å²) in [7, 11) is 0. The summed E-state index contributed by atoms with van der Waals surface area (Å²) in [6, 6.07) is 7.19. The number of amides is 1. The first-order chi connectivity index (χ1) is 10.9. The molecular weight excluding hydrogens is 325 g/mol. The van der Waals surface area contributed by atoms with Crippen LogP contribution >= 0.6 is 11.8 Å². The van der Waals surface area contributed by atoms with E-state index < -0.39 is 11.7 Å². The summed E-state index contributed by atoms with van der Waals surface area (Å²) in [5, 5.41) is 0.694. The minimum Gasteiger partial charge on any atom is -0.308 e. The normalized spacial score (nSPS) is 14.0. The average molecular weight is 338 g/mol. The molecule has 1 aromatic carbocycles. The molecule has 2 aromatic rings. The molecule has 1 aliphatic rings. The van der Waals surface area contributed by atoms with Crippen LogP contribution in [0, 0.1) is 0 Å². The van der Waals surface area contributed by atoms with Gasteiger partial charge in [0, 0.05) is 24.0 Å². The Hall–Kier alpha value is -2.02. The summed E-state index contributed by atoms with van der Waals surface area (Å²) in [6.07, 6.45) is -0.830. The van der Waals surface area contributed by atoms with Crippen LogP contribution < -0.4 is 4.90 Å². The molecule has 0 radical (unpaired) electrons. The standard InChI is InChI=1S/C16H13F3N2OS/c1-23-14-9-10(5-7-20-14)15(22)21-8-6-11-12(16(17,18)19)3-2-4-13(11)21/h2-5,7,9H,6,8H2,1H3. The maximum Gasteiger partial charge on any atom is 0.416 e. The van der Waals surface area contributed by atoms with Crippen molar-refractivity contribution in [3.05, 3.63) is 53.2 Å². The molecular formula is C16H13F3N2OS. The van der Waals surface area contributed by atoms with Gasteiger partial charge in [-0.3, -0.25) is 4.79 Å². The van der Waals surface area contributed by atoms with Gasteiger partial charge in [0.1, 0.15) is 0 Å². The SMILES string of the molecule is CSc1cc(C(=O)N2CCc3c2cccc3C(F)(F)F)ccn1. The van der Waals surface area contributed by atoms with Gasteiger partial charge >= 0.3 is 6.18 Å². The summed E-state index contributed by atoms with van der Waals surface area (Å²) >= 11 is 1.40. The van der Waals surface area contributed by atoms with Crippen LogP contribution in [0.15, 0.2) is 41.6 Å². The van der Waals surface area contributed by atoms with Crippen molar-refractivity contribution in [2.75, 3.05) is 17.7 Å². The lowest BCUT2D eigenvalue weighted by Gasteiger charge is -2.18. The van der Waals surface area contributed by atoms with Gasteiger partial charge in [-0.15, -0.1) is 11.8 Å². The second-order valence-electron chi connectivity index (χ2n) is 5.09. The Morgan fingerprint density at radius 1 is 1.30 bits per heavy atom. The lowest BCUT2D eigenvalue weighted by atomic mass is 10.0. The van der Waals surface area contributed by atoms with E-state index in [-0.39, 0.29) is 24.4 Å². The molecule has 1 aliphatic heterocycles. The third kappa shape index (κ3) is 2.93. The number of benzene rings is 1. The van der Waals surface area contributed by atoms with Crippen LogP contribution in [0.3, 0.4) is 0 Å². The quantitative estimate of drug-likeness (QED) is 0.775. The number of anilines is 1. The molecule has 2 heterocycles. The molecule has 0 N–H and O–H groups in total.